The Morgan fingerprint density at radius 3 is 2.60 bits per heavy atom. The quantitative estimate of drug-likeness (QED) is 0.727. The zero-order chi connectivity index (χ0) is 15.3. The fourth-order valence-electron chi connectivity index (χ4n) is 1.88. The first-order valence-electron chi connectivity index (χ1n) is 6.19. The smallest absolute Gasteiger partial charge is 0.246 e. The first-order valence-corrected chi connectivity index (χ1v) is 9.81. The fourth-order valence-corrected chi connectivity index (χ4v) is 4.93. The molecule has 1 unspecified atom stereocenters. The maximum atomic E-state index is 12.8. The van der Waals surface area contributed by atoms with Gasteiger partial charge in [-0.25, -0.2) is 8.42 Å². The van der Waals surface area contributed by atoms with E-state index in [1.165, 1.54) is 11.4 Å². The van der Waals surface area contributed by atoms with Crippen LogP contribution in [0.2, 0.25) is 0 Å². The van der Waals surface area contributed by atoms with E-state index in [9.17, 15) is 8.42 Å². The molecule has 0 fully saturated rings. The van der Waals surface area contributed by atoms with E-state index in [1.807, 2.05) is 13.2 Å². The van der Waals surface area contributed by atoms with Gasteiger partial charge in [0.2, 0.25) is 10.0 Å². The van der Waals surface area contributed by atoms with Crippen LogP contribution in [0.3, 0.4) is 0 Å². The lowest BCUT2D eigenvalue weighted by Crippen LogP contribution is -2.38. The van der Waals surface area contributed by atoms with Gasteiger partial charge in [0.1, 0.15) is 10.6 Å². The lowest BCUT2D eigenvalue weighted by atomic mass is 10.3. The molecule has 0 aliphatic carbocycles. The Kier molecular flexibility index (Phi) is 6.84. The van der Waals surface area contributed by atoms with Gasteiger partial charge >= 0.3 is 0 Å². The SMILES string of the molecule is CCC(CSC)N(C)S(=O)(=O)c1cc(Br)ccc1OC. The molecule has 0 bridgehead atoms. The number of ether oxygens (including phenoxy) is 1. The Bertz CT molecular complexity index is 549. The average Bonchev–Trinajstić information content (AvgIpc) is 2.43. The highest BCUT2D eigenvalue weighted by Crippen LogP contribution is 2.30. The van der Waals surface area contributed by atoms with E-state index in [0.29, 0.717) is 10.2 Å². The predicted molar refractivity (Wildman–Crippen MR) is 88.1 cm³/mol. The zero-order valence-electron chi connectivity index (χ0n) is 12.1. The number of benzene rings is 1. The second-order valence-corrected chi connectivity index (χ2v) is 8.13. The summed E-state index contributed by atoms with van der Waals surface area (Å²) in [6, 6.07) is 4.96. The summed E-state index contributed by atoms with van der Waals surface area (Å²) in [7, 11) is -0.474. The third kappa shape index (κ3) is 3.90. The molecular weight excluding hydrogens is 362 g/mol. The van der Waals surface area contributed by atoms with Gasteiger partial charge in [-0.3, -0.25) is 0 Å². The second kappa shape index (κ2) is 7.68. The number of nitrogens with zero attached hydrogens (tertiary/aromatic N) is 1. The van der Waals surface area contributed by atoms with E-state index < -0.39 is 10.0 Å². The van der Waals surface area contributed by atoms with Gasteiger partial charge in [-0.15, -0.1) is 0 Å². The molecule has 0 aromatic heterocycles. The van der Waals surface area contributed by atoms with Gasteiger partial charge in [0, 0.05) is 23.3 Å². The number of methoxy groups -OCH3 is 1. The topological polar surface area (TPSA) is 46.6 Å². The van der Waals surface area contributed by atoms with Crippen molar-refractivity contribution in [1.29, 1.82) is 0 Å². The van der Waals surface area contributed by atoms with Crippen molar-refractivity contribution in [2.24, 2.45) is 0 Å². The molecule has 0 aliphatic rings. The molecule has 0 saturated heterocycles. The van der Waals surface area contributed by atoms with Crippen LogP contribution in [0.15, 0.2) is 27.6 Å². The molecule has 1 aromatic rings. The molecule has 0 radical (unpaired) electrons. The summed E-state index contributed by atoms with van der Waals surface area (Å²) >= 11 is 4.95. The van der Waals surface area contributed by atoms with Crippen molar-refractivity contribution in [2.45, 2.75) is 24.3 Å². The molecule has 0 spiro atoms. The van der Waals surface area contributed by atoms with Crippen LogP contribution in [0.4, 0.5) is 0 Å². The molecule has 0 amide bonds. The molecule has 0 N–H and O–H groups in total. The van der Waals surface area contributed by atoms with Gasteiger partial charge in [-0.05, 0) is 30.9 Å². The molecule has 1 aromatic carbocycles. The molecule has 7 heteroatoms. The Balaban J connectivity index is 3.25. The third-order valence-corrected chi connectivity index (χ3v) is 6.27. The van der Waals surface area contributed by atoms with Crippen molar-refractivity contribution in [2.75, 3.05) is 26.2 Å². The van der Waals surface area contributed by atoms with Crippen LogP contribution in [0.5, 0.6) is 5.75 Å². The normalized spacial score (nSPS) is 13.5. The van der Waals surface area contributed by atoms with Gasteiger partial charge in [0.15, 0.2) is 0 Å². The van der Waals surface area contributed by atoms with Gasteiger partial charge in [-0.1, -0.05) is 22.9 Å². The number of halogens is 1. The minimum atomic E-state index is -3.57. The van der Waals surface area contributed by atoms with E-state index in [0.717, 1.165) is 12.2 Å². The van der Waals surface area contributed by atoms with Gasteiger partial charge in [0.25, 0.3) is 0 Å². The van der Waals surface area contributed by atoms with E-state index in [4.69, 9.17) is 4.74 Å². The Hall–Kier alpha value is -0.240. The highest BCUT2D eigenvalue weighted by Gasteiger charge is 2.29. The summed E-state index contributed by atoms with van der Waals surface area (Å²) in [5.74, 6) is 1.13. The average molecular weight is 382 g/mol. The Morgan fingerprint density at radius 1 is 1.45 bits per heavy atom. The van der Waals surface area contributed by atoms with Gasteiger partial charge in [0.05, 0.1) is 7.11 Å². The summed E-state index contributed by atoms with van der Waals surface area (Å²) in [4.78, 5) is 0.191. The molecule has 4 nitrogen and oxygen atoms in total. The molecule has 20 heavy (non-hydrogen) atoms. The number of sulfonamides is 1. The Morgan fingerprint density at radius 2 is 2.10 bits per heavy atom. The summed E-state index contributed by atoms with van der Waals surface area (Å²) in [6.07, 6.45) is 2.75. The fraction of sp³-hybridized carbons (Fsp3) is 0.538. The molecule has 114 valence electrons. The molecule has 0 aliphatic heterocycles. The molecule has 0 saturated carbocycles. The van der Waals surface area contributed by atoms with Crippen LogP contribution >= 0.6 is 27.7 Å². The van der Waals surface area contributed by atoms with Crippen molar-refractivity contribution in [3.05, 3.63) is 22.7 Å². The number of hydrogen-bond donors (Lipinski definition) is 0. The maximum absolute atomic E-state index is 12.8. The van der Waals surface area contributed by atoms with Crippen LogP contribution < -0.4 is 4.74 Å². The van der Waals surface area contributed by atoms with Crippen LogP contribution in [-0.2, 0) is 10.0 Å². The summed E-state index contributed by atoms with van der Waals surface area (Å²) < 4.78 is 32.8. The van der Waals surface area contributed by atoms with Crippen molar-refractivity contribution in [1.82, 2.24) is 4.31 Å². The lowest BCUT2D eigenvalue weighted by Gasteiger charge is -2.26. The highest BCUT2D eigenvalue weighted by atomic mass is 79.9. The van der Waals surface area contributed by atoms with Crippen molar-refractivity contribution >= 4 is 37.7 Å². The predicted octanol–water partition coefficient (Wildman–Crippen LogP) is 3.22. The van der Waals surface area contributed by atoms with Crippen molar-refractivity contribution < 1.29 is 13.2 Å². The lowest BCUT2D eigenvalue weighted by molar-refractivity contribution is 0.374. The number of rotatable bonds is 7. The van der Waals surface area contributed by atoms with Crippen LogP contribution in [0.1, 0.15) is 13.3 Å². The van der Waals surface area contributed by atoms with Crippen LogP contribution in [-0.4, -0.2) is 44.9 Å². The van der Waals surface area contributed by atoms with E-state index in [2.05, 4.69) is 15.9 Å². The summed E-state index contributed by atoms with van der Waals surface area (Å²) in [5.41, 5.74) is 0. The van der Waals surface area contributed by atoms with E-state index in [1.54, 1.807) is 37.0 Å². The highest BCUT2D eigenvalue weighted by molar-refractivity contribution is 9.10. The molecule has 0 heterocycles. The standard InChI is InChI=1S/C13H20BrNO3S2/c1-5-11(9-19-4)15(2)20(16,17)13-8-10(14)6-7-12(13)18-3/h6-8,11H,5,9H2,1-4H3. The van der Waals surface area contributed by atoms with Crippen LogP contribution in [0.25, 0.3) is 0 Å². The minimum absolute atomic E-state index is 0.0290. The van der Waals surface area contributed by atoms with Gasteiger partial charge < -0.3 is 4.74 Å². The molecule has 1 atom stereocenters. The Labute approximate surface area is 134 Å². The summed E-state index contributed by atoms with van der Waals surface area (Å²) in [5, 5.41) is 0. The van der Waals surface area contributed by atoms with Crippen LogP contribution in [0, 0.1) is 0 Å². The van der Waals surface area contributed by atoms with Crippen molar-refractivity contribution in [3.8, 4) is 5.75 Å². The first kappa shape index (κ1) is 17.8. The minimum Gasteiger partial charge on any atom is -0.495 e. The largest absolute Gasteiger partial charge is 0.495 e. The van der Waals surface area contributed by atoms with Crippen molar-refractivity contribution in [3.63, 3.8) is 0 Å². The first-order chi connectivity index (χ1) is 9.38. The third-order valence-electron chi connectivity index (χ3n) is 3.13. The zero-order valence-corrected chi connectivity index (χ0v) is 15.3. The molecular formula is C13H20BrNO3S2. The maximum Gasteiger partial charge on any atom is 0.246 e. The number of thioether (sulfide) groups is 1. The van der Waals surface area contributed by atoms with E-state index >= 15 is 0 Å². The number of hydrogen-bond acceptors (Lipinski definition) is 4. The van der Waals surface area contributed by atoms with E-state index in [-0.39, 0.29) is 10.9 Å². The second-order valence-electron chi connectivity index (χ2n) is 4.33. The van der Waals surface area contributed by atoms with Gasteiger partial charge in [-0.2, -0.15) is 16.1 Å². The summed E-state index contributed by atoms with van der Waals surface area (Å²) in [6.45, 7) is 1.99. The monoisotopic (exact) mass is 381 g/mol. The molecule has 1 rings (SSSR count).